The van der Waals surface area contributed by atoms with Crippen LogP contribution < -0.4 is 0 Å². The molecule has 0 saturated heterocycles. The van der Waals surface area contributed by atoms with Gasteiger partial charge < -0.3 is 15.3 Å². The number of aliphatic hydroxyl groups excluding tert-OH is 1. The van der Waals surface area contributed by atoms with E-state index in [1.807, 2.05) is 0 Å². The Morgan fingerprint density at radius 1 is 1.29 bits per heavy atom. The van der Waals surface area contributed by atoms with Crippen molar-refractivity contribution in [2.45, 2.75) is 62.8 Å². The molecule has 5 nitrogen and oxygen atoms in total. The smallest absolute Gasteiger partial charge is 0.336 e. The number of ketones is 1. The van der Waals surface area contributed by atoms with Crippen LogP contribution >= 0.6 is 11.6 Å². The van der Waals surface area contributed by atoms with Crippen LogP contribution in [-0.2, 0) is 9.59 Å². The summed E-state index contributed by atoms with van der Waals surface area (Å²) in [6.07, 6.45) is 3.02. The summed E-state index contributed by atoms with van der Waals surface area (Å²) >= 11 is 6.60. The number of alkyl halides is 2. The third-order valence-electron chi connectivity index (χ3n) is 8.54. The van der Waals surface area contributed by atoms with Crippen LogP contribution in [0.3, 0.4) is 0 Å². The number of allylic oxidation sites excluding steroid dienone is 4. The molecule has 0 bridgehead atoms. The van der Waals surface area contributed by atoms with Crippen LogP contribution in [0.2, 0.25) is 0 Å². The molecule has 0 aromatic carbocycles. The normalized spacial score (nSPS) is 55.2. The number of carboxylic acids is 1. The molecular formula is C21H26ClFO5. The van der Waals surface area contributed by atoms with E-state index in [4.69, 9.17) is 11.6 Å². The molecular weight excluding hydrogens is 387 g/mol. The van der Waals surface area contributed by atoms with Gasteiger partial charge in [0.15, 0.2) is 17.1 Å². The van der Waals surface area contributed by atoms with Gasteiger partial charge in [-0.3, -0.25) is 4.79 Å². The molecule has 4 aliphatic rings. The van der Waals surface area contributed by atoms with Crippen molar-refractivity contribution in [3.05, 3.63) is 23.8 Å². The van der Waals surface area contributed by atoms with Crippen molar-refractivity contribution in [1.29, 1.82) is 0 Å². The van der Waals surface area contributed by atoms with Gasteiger partial charge >= 0.3 is 5.97 Å². The molecule has 154 valence electrons. The molecule has 9 atom stereocenters. The van der Waals surface area contributed by atoms with E-state index in [1.54, 1.807) is 20.8 Å². The number of aliphatic carboxylic acids is 1. The highest BCUT2D eigenvalue weighted by molar-refractivity contribution is 6.23. The topological polar surface area (TPSA) is 94.8 Å². The second-order valence-corrected chi connectivity index (χ2v) is 10.1. The summed E-state index contributed by atoms with van der Waals surface area (Å²) in [5, 5.41) is 31.4. The average molecular weight is 413 g/mol. The van der Waals surface area contributed by atoms with Crippen LogP contribution in [0.5, 0.6) is 0 Å². The van der Waals surface area contributed by atoms with Crippen molar-refractivity contribution in [3.63, 3.8) is 0 Å². The van der Waals surface area contributed by atoms with Gasteiger partial charge in [0.1, 0.15) is 0 Å². The summed E-state index contributed by atoms with van der Waals surface area (Å²) in [6.45, 7) is 4.96. The number of carbonyl (C=O) groups excluding carboxylic acids is 1. The minimum Gasteiger partial charge on any atom is -0.479 e. The second kappa shape index (κ2) is 5.67. The van der Waals surface area contributed by atoms with Crippen molar-refractivity contribution in [1.82, 2.24) is 0 Å². The Labute approximate surface area is 168 Å². The van der Waals surface area contributed by atoms with Gasteiger partial charge in [-0.1, -0.05) is 19.9 Å². The lowest BCUT2D eigenvalue weighted by Gasteiger charge is -2.63. The maximum atomic E-state index is 16.9. The fourth-order valence-corrected chi connectivity index (χ4v) is 7.48. The molecule has 0 unspecified atom stereocenters. The van der Waals surface area contributed by atoms with Crippen LogP contribution in [0.1, 0.15) is 40.0 Å². The fraction of sp³-hybridized carbons (Fsp3) is 0.714. The van der Waals surface area contributed by atoms with Crippen LogP contribution in [0.4, 0.5) is 4.39 Å². The minimum atomic E-state index is -2.10. The van der Waals surface area contributed by atoms with E-state index >= 15 is 4.39 Å². The minimum absolute atomic E-state index is 0.171. The first kappa shape index (κ1) is 20.0. The van der Waals surface area contributed by atoms with E-state index in [2.05, 4.69) is 0 Å². The standard InChI is InChI=1S/C21H26ClFO5/c1-10-6-12-13-8-15(22)14-7-11(24)4-5-18(14,2)20(13,23)16(25)9-19(12,3)21(10,28)17(26)27/h4-5,7,10,12-13,15-16,25,28H,6,8-9H2,1-3H3,(H,26,27)/t10-,12-,13-,15-,16-,18-,19-,20-,21-/m0/s1. The first-order valence-corrected chi connectivity index (χ1v) is 10.2. The first-order chi connectivity index (χ1) is 12.8. The van der Waals surface area contributed by atoms with E-state index in [0.29, 0.717) is 12.0 Å². The van der Waals surface area contributed by atoms with E-state index < -0.39 is 57.3 Å². The highest BCUT2D eigenvalue weighted by Crippen LogP contribution is 2.71. The Balaban J connectivity index is 1.88. The zero-order valence-corrected chi connectivity index (χ0v) is 16.9. The second-order valence-electron chi connectivity index (χ2n) is 9.57. The number of hydrogen-bond donors (Lipinski definition) is 3. The van der Waals surface area contributed by atoms with Crippen molar-refractivity contribution < 1.29 is 29.3 Å². The van der Waals surface area contributed by atoms with E-state index in [0.717, 1.165) is 0 Å². The molecule has 3 fully saturated rings. The molecule has 0 radical (unpaired) electrons. The van der Waals surface area contributed by atoms with Crippen LogP contribution in [0.25, 0.3) is 0 Å². The maximum absolute atomic E-state index is 16.9. The summed E-state index contributed by atoms with van der Waals surface area (Å²) in [5.74, 6) is -3.37. The summed E-state index contributed by atoms with van der Waals surface area (Å²) < 4.78 is 16.9. The number of halogens is 2. The monoisotopic (exact) mass is 412 g/mol. The van der Waals surface area contributed by atoms with Gasteiger partial charge in [0.05, 0.1) is 11.5 Å². The number of carboxylic acid groups (broad SMARTS) is 1. The SMILES string of the molecule is C[C@H]1C[C@H]2[C@@H]3C[C@H](Cl)C4=CC(=O)C=C[C@]4(C)[C@@]3(F)[C@@H](O)C[C@]2(C)[C@@]1(O)C(=O)O. The lowest BCUT2D eigenvalue weighted by molar-refractivity contribution is -0.225. The van der Waals surface area contributed by atoms with Gasteiger partial charge in [0.25, 0.3) is 0 Å². The van der Waals surface area contributed by atoms with Crippen molar-refractivity contribution >= 4 is 23.4 Å². The summed E-state index contributed by atoms with van der Waals surface area (Å²) in [6, 6.07) is 0. The fourth-order valence-electron chi connectivity index (χ4n) is 7.00. The molecule has 3 saturated carbocycles. The highest BCUT2D eigenvalue weighted by atomic mass is 35.5. The zero-order valence-electron chi connectivity index (χ0n) is 16.2. The predicted octanol–water partition coefficient (Wildman–Crippen LogP) is 2.64. The molecule has 4 rings (SSSR count). The van der Waals surface area contributed by atoms with Gasteiger partial charge in [-0.05, 0) is 55.7 Å². The van der Waals surface area contributed by atoms with Crippen LogP contribution in [0.15, 0.2) is 23.8 Å². The summed E-state index contributed by atoms with van der Waals surface area (Å²) in [5.41, 5.74) is -6.13. The molecule has 0 amide bonds. The summed E-state index contributed by atoms with van der Waals surface area (Å²) in [7, 11) is 0. The Morgan fingerprint density at radius 2 is 1.93 bits per heavy atom. The Hall–Kier alpha value is -1.24. The molecule has 0 aromatic rings. The Bertz CT molecular complexity index is 826. The Morgan fingerprint density at radius 3 is 2.54 bits per heavy atom. The molecule has 3 N–H and O–H groups in total. The molecule has 7 heteroatoms. The van der Waals surface area contributed by atoms with Gasteiger partial charge in [-0.15, -0.1) is 11.6 Å². The van der Waals surface area contributed by atoms with Gasteiger partial charge in [0, 0.05) is 16.7 Å². The van der Waals surface area contributed by atoms with Crippen LogP contribution in [-0.4, -0.2) is 49.8 Å². The molecule has 0 aliphatic heterocycles. The van der Waals surface area contributed by atoms with E-state index in [-0.39, 0.29) is 18.6 Å². The van der Waals surface area contributed by atoms with E-state index in [1.165, 1.54) is 18.2 Å². The quantitative estimate of drug-likeness (QED) is 0.575. The van der Waals surface area contributed by atoms with Gasteiger partial charge in [0.2, 0.25) is 0 Å². The lowest BCUT2D eigenvalue weighted by Crippen LogP contribution is -2.70. The lowest BCUT2D eigenvalue weighted by atomic mass is 9.44. The largest absolute Gasteiger partial charge is 0.479 e. The maximum Gasteiger partial charge on any atom is 0.336 e. The number of aliphatic hydroxyl groups is 2. The molecule has 0 spiro atoms. The zero-order chi connectivity index (χ0) is 20.9. The average Bonchev–Trinajstić information content (AvgIpc) is 2.81. The summed E-state index contributed by atoms with van der Waals surface area (Å²) in [4.78, 5) is 23.9. The molecule has 4 aliphatic carbocycles. The third-order valence-corrected chi connectivity index (χ3v) is 8.95. The van der Waals surface area contributed by atoms with Gasteiger partial charge in [-0.2, -0.15) is 0 Å². The Kier molecular flexibility index (Phi) is 4.06. The number of fused-ring (bicyclic) bond motifs is 5. The highest BCUT2D eigenvalue weighted by Gasteiger charge is 2.76. The number of carbonyl (C=O) groups is 2. The first-order valence-electron chi connectivity index (χ1n) is 9.76. The van der Waals surface area contributed by atoms with Gasteiger partial charge in [-0.25, -0.2) is 9.18 Å². The molecule has 28 heavy (non-hydrogen) atoms. The van der Waals surface area contributed by atoms with E-state index in [9.17, 15) is 24.9 Å². The molecule has 0 heterocycles. The van der Waals surface area contributed by atoms with Crippen molar-refractivity contribution in [3.8, 4) is 0 Å². The molecule has 0 aromatic heterocycles. The van der Waals surface area contributed by atoms with Crippen LogP contribution in [0, 0.1) is 28.6 Å². The number of hydrogen-bond acceptors (Lipinski definition) is 4. The van der Waals surface area contributed by atoms with Crippen molar-refractivity contribution in [2.24, 2.45) is 28.6 Å². The predicted molar refractivity (Wildman–Crippen MR) is 101 cm³/mol. The number of rotatable bonds is 1. The third kappa shape index (κ3) is 1.99. The van der Waals surface area contributed by atoms with Crippen molar-refractivity contribution in [2.75, 3.05) is 0 Å².